The molecule has 0 spiro atoms. The van der Waals surface area contributed by atoms with E-state index in [1.165, 1.54) is 0 Å². The van der Waals surface area contributed by atoms with Crippen molar-refractivity contribution in [3.63, 3.8) is 0 Å². The summed E-state index contributed by atoms with van der Waals surface area (Å²) in [4.78, 5) is 53.3. The van der Waals surface area contributed by atoms with E-state index in [4.69, 9.17) is 112 Å². The third kappa shape index (κ3) is 14.8. The number of alkyl carbamates (subject to hydrolysis) is 2. The molecule has 0 saturated carbocycles. The molecule has 22 heteroatoms. The first-order valence-electron chi connectivity index (χ1n) is 18.5. The maximum absolute atomic E-state index is 13.6. The molecule has 6 atom stereocenters. The fraction of sp³-hybridized carbons (Fsp3) is 0.579. The van der Waals surface area contributed by atoms with Gasteiger partial charge < -0.3 is 52.6 Å². The molecule has 2 aromatic rings. The van der Waals surface area contributed by atoms with E-state index < -0.39 is 107 Å². The zero-order valence-corrected chi connectivity index (χ0v) is 39.1. The first-order chi connectivity index (χ1) is 27.9. The molecule has 0 aromatic heterocycles. The Balaban J connectivity index is 1.69. The molecular formula is C38H48Cl6N2O13Si. The van der Waals surface area contributed by atoms with E-state index >= 15 is 0 Å². The van der Waals surface area contributed by atoms with Crippen molar-refractivity contribution in [3.8, 4) is 0 Å². The van der Waals surface area contributed by atoms with Gasteiger partial charge in [0.05, 0.1) is 13.2 Å². The molecule has 334 valence electrons. The number of esters is 1. The first-order valence-corrected chi connectivity index (χ1v) is 22.6. The van der Waals surface area contributed by atoms with Gasteiger partial charge in [0.15, 0.2) is 18.4 Å². The minimum absolute atomic E-state index is 0.0780. The maximum atomic E-state index is 13.6. The number of halogens is 6. The van der Waals surface area contributed by atoms with Crippen LogP contribution in [0, 0.1) is 0 Å². The van der Waals surface area contributed by atoms with E-state index in [2.05, 4.69) is 10.6 Å². The molecule has 15 nitrogen and oxygen atoms in total. The Bertz CT molecular complexity index is 1730. The average molecular weight is 982 g/mol. The fourth-order valence-electron chi connectivity index (χ4n) is 6.66. The lowest BCUT2D eigenvalue weighted by Crippen LogP contribution is -2.74. The van der Waals surface area contributed by atoms with Gasteiger partial charge in [-0.2, -0.15) is 0 Å². The van der Waals surface area contributed by atoms with Crippen LogP contribution in [-0.2, 0) is 60.0 Å². The second-order valence-electron chi connectivity index (χ2n) is 15.8. The molecule has 2 fully saturated rings. The molecule has 0 aliphatic carbocycles. The molecule has 2 heterocycles. The van der Waals surface area contributed by atoms with E-state index in [-0.39, 0.29) is 19.8 Å². The Morgan fingerprint density at radius 2 is 1.28 bits per heavy atom. The Kier molecular flexibility index (Phi) is 17.8. The third-order valence-electron chi connectivity index (χ3n) is 9.05. The number of carbonyl (C=O) groups excluding carboxylic acids is 4. The fourth-order valence-corrected chi connectivity index (χ4v) is 11.9. The van der Waals surface area contributed by atoms with Crippen LogP contribution in [0.2, 0.25) is 10.1 Å². The lowest BCUT2D eigenvalue weighted by Gasteiger charge is -2.57. The van der Waals surface area contributed by atoms with Gasteiger partial charge in [-0.05, 0) is 11.1 Å². The molecule has 0 bridgehead atoms. The summed E-state index contributed by atoms with van der Waals surface area (Å²) < 4.78 is 49.1. The molecule has 2 saturated heterocycles. The Hall–Kier alpha value is -2.48. The van der Waals surface area contributed by atoms with Gasteiger partial charge in [-0.1, -0.05) is 172 Å². The normalized spacial score (nSPS) is 22.3. The van der Waals surface area contributed by atoms with Crippen molar-refractivity contribution in [1.82, 2.24) is 10.6 Å². The number of fused-ring (bicyclic) bond motifs is 1. The highest BCUT2D eigenvalue weighted by Gasteiger charge is 2.65. The molecule has 0 unspecified atom stereocenters. The van der Waals surface area contributed by atoms with Crippen LogP contribution >= 0.6 is 69.6 Å². The number of carbonyl (C=O) groups is 4. The number of hydrogen-bond acceptors (Lipinski definition) is 13. The number of alkyl halides is 6. The van der Waals surface area contributed by atoms with E-state index in [9.17, 15) is 19.2 Å². The first kappa shape index (κ1) is 50.2. The van der Waals surface area contributed by atoms with Crippen LogP contribution in [0.25, 0.3) is 0 Å². The zero-order chi connectivity index (χ0) is 44.5. The SMILES string of the molecule is CC(C)(C)[Si]1(C(C)(C)C)OC[C@H]2O[C@H](OC[C@H](NC(=O)OCc3ccccc3)C(=O)OCc3ccccc3)[C@H](NC(=O)OCC(Cl)(Cl)Cl)[C@@H](OC(=O)OCC(Cl)(Cl)Cl)[C@H]2O1. The molecule has 4 rings (SSSR count). The van der Waals surface area contributed by atoms with Crippen LogP contribution in [0.1, 0.15) is 52.7 Å². The van der Waals surface area contributed by atoms with Crippen LogP contribution < -0.4 is 10.6 Å². The van der Waals surface area contributed by atoms with Crippen molar-refractivity contribution in [2.24, 2.45) is 0 Å². The summed E-state index contributed by atoms with van der Waals surface area (Å²) in [5.41, 5.74) is 1.36. The Morgan fingerprint density at radius 1 is 0.750 bits per heavy atom. The summed E-state index contributed by atoms with van der Waals surface area (Å²) >= 11 is 35.1. The summed E-state index contributed by atoms with van der Waals surface area (Å²) in [6.07, 6.45) is -8.69. The smallest absolute Gasteiger partial charge is 0.459 e. The van der Waals surface area contributed by atoms with Gasteiger partial charge in [0.1, 0.15) is 44.7 Å². The van der Waals surface area contributed by atoms with Crippen molar-refractivity contribution in [1.29, 1.82) is 0 Å². The quantitative estimate of drug-likeness (QED) is 0.0846. The topological polar surface area (TPSA) is 175 Å². The van der Waals surface area contributed by atoms with E-state index in [0.717, 1.165) is 0 Å². The third-order valence-corrected chi connectivity index (χ3v) is 14.8. The number of ether oxygens (including phenoxy) is 7. The van der Waals surface area contributed by atoms with E-state index in [1.54, 1.807) is 60.7 Å². The summed E-state index contributed by atoms with van der Waals surface area (Å²) in [5, 5.41) is 3.90. The lowest BCUT2D eigenvalue weighted by molar-refractivity contribution is -0.281. The van der Waals surface area contributed by atoms with Crippen molar-refractivity contribution >= 4 is 102 Å². The highest BCUT2D eigenvalue weighted by Crippen LogP contribution is 2.55. The van der Waals surface area contributed by atoms with Crippen LogP contribution in [0.3, 0.4) is 0 Å². The summed E-state index contributed by atoms with van der Waals surface area (Å²) in [6.45, 7) is 9.41. The second-order valence-corrected chi connectivity index (χ2v) is 25.6. The van der Waals surface area contributed by atoms with Gasteiger partial charge in [0, 0.05) is 10.1 Å². The van der Waals surface area contributed by atoms with Crippen molar-refractivity contribution < 1.29 is 61.2 Å². The molecule has 2 aliphatic rings. The van der Waals surface area contributed by atoms with Gasteiger partial charge in [-0.15, -0.1) is 0 Å². The molecule has 60 heavy (non-hydrogen) atoms. The zero-order valence-electron chi connectivity index (χ0n) is 33.6. The number of benzene rings is 2. The Morgan fingerprint density at radius 3 is 1.82 bits per heavy atom. The highest BCUT2D eigenvalue weighted by atomic mass is 35.6. The molecule has 2 aromatic carbocycles. The van der Waals surface area contributed by atoms with Crippen molar-refractivity contribution in [3.05, 3.63) is 71.8 Å². The predicted molar refractivity (Wildman–Crippen MR) is 225 cm³/mol. The summed E-state index contributed by atoms with van der Waals surface area (Å²) in [5.74, 6) is -0.908. The molecule has 2 N–H and O–H groups in total. The Labute approximate surface area is 379 Å². The van der Waals surface area contributed by atoms with Crippen molar-refractivity contribution in [2.45, 2.75) is 109 Å². The van der Waals surface area contributed by atoms with Gasteiger partial charge in [-0.3, -0.25) is 0 Å². The van der Waals surface area contributed by atoms with Crippen LogP contribution in [-0.4, -0.2) is 104 Å². The largest absolute Gasteiger partial charge is 0.508 e. The lowest BCUT2D eigenvalue weighted by atomic mass is 9.96. The minimum atomic E-state index is -3.34. The van der Waals surface area contributed by atoms with Crippen LogP contribution in [0.5, 0.6) is 0 Å². The second kappa shape index (κ2) is 21.3. The van der Waals surface area contributed by atoms with E-state index in [0.29, 0.717) is 11.1 Å². The summed E-state index contributed by atoms with van der Waals surface area (Å²) in [7, 11) is -3.34. The number of nitrogens with one attached hydrogen (secondary N) is 2. The monoisotopic (exact) mass is 978 g/mol. The predicted octanol–water partition coefficient (Wildman–Crippen LogP) is 8.58. The minimum Gasteiger partial charge on any atom is -0.459 e. The number of hydrogen-bond donors (Lipinski definition) is 2. The molecular weight excluding hydrogens is 933 g/mol. The van der Waals surface area contributed by atoms with Crippen molar-refractivity contribution in [2.75, 3.05) is 26.4 Å². The van der Waals surface area contributed by atoms with Gasteiger partial charge in [-0.25, -0.2) is 19.2 Å². The molecule has 2 aliphatic heterocycles. The molecule has 0 radical (unpaired) electrons. The van der Waals surface area contributed by atoms with Gasteiger partial charge in [0.25, 0.3) is 0 Å². The highest BCUT2D eigenvalue weighted by molar-refractivity contribution is 6.73. The van der Waals surface area contributed by atoms with Crippen LogP contribution in [0.15, 0.2) is 60.7 Å². The number of rotatable bonds is 13. The summed E-state index contributed by atoms with van der Waals surface area (Å²) in [6, 6.07) is 14.7. The average Bonchev–Trinajstić information content (AvgIpc) is 3.16. The van der Waals surface area contributed by atoms with Gasteiger partial charge >= 0.3 is 32.9 Å². The molecule has 2 amide bonds. The van der Waals surface area contributed by atoms with Crippen LogP contribution in [0.4, 0.5) is 14.4 Å². The van der Waals surface area contributed by atoms with E-state index in [1.807, 2.05) is 41.5 Å². The number of amides is 2. The maximum Gasteiger partial charge on any atom is 0.508 e. The standard InChI is InChI=1S/C38H48Cl6N2O13Si/c1-35(2,3)60(36(4,5)6)56-20-26-28(59-60)29(58-34(50)55-22-38(42,43)44)27(46-33(49)54-21-37(39,40)41)31(57-26)52-19-25(30(47)51-17-23-13-9-7-10-14-23)45-32(48)53-18-24-15-11-8-12-16-24/h7-16,25-29,31H,17-22H2,1-6H3,(H,45,48)(H,46,49)/t25-,26+,27+,28-,29+,31-/m0/s1. The van der Waals surface area contributed by atoms with Gasteiger partial charge in [0.2, 0.25) is 7.59 Å².